The number of anilines is 2. The van der Waals surface area contributed by atoms with Crippen LogP contribution < -0.4 is 5.32 Å². The lowest BCUT2D eigenvalue weighted by atomic mass is 10.3. The molecule has 0 spiro atoms. The number of hydrogen-bond acceptors (Lipinski definition) is 4. The summed E-state index contributed by atoms with van der Waals surface area (Å²) in [5, 5.41) is 18.1. The summed E-state index contributed by atoms with van der Waals surface area (Å²) in [5.41, 5.74) is -0.200. The third-order valence-corrected chi connectivity index (χ3v) is 2.08. The monoisotopic (exact) mass is 251 g/mol. The Morgan fingerprint density at radius 2 is 1.94 bits per heavy atom. The van der Waals surface area contributed by atoms with Crippen LogP contribution in [0.1, 0.15) is 10.5 Å². The van der Waals surface area contributed by atoms with Crippen LogP contribution in [0.15, 0.2) is 30.3 Å². The predicted octanol–water partition coefficient (Wildman–Crippen LogP) is 2.20. The van der Waals surface area contributed by atoms with Crippen LogP contribution in [0.3, 0.4) is 0 Å². The van der Waals surface area contributed by atoms with Crippen molar-refractivity contribution in [2.45, 2.75) is 0 Å². The lowest BCUT2D eigenvalue weighted by Gasteiger charge is -2.05. The van der Waals surface area contributed by atoms with E-state index in [1.54, 1.807) is 0 Å². The van der Waals surface area contributed by atoms with Gasteiger partial charge in [0.15, 0.2) is 11.5 Å². The van der Waals surface area contributed by atoms with E-state index in [9.17, 15) is 13.6 Å². The Labute approximate surface area is 100 Å². The summed E-state index contributed by atoms with van der Waals surface area (Å²) < 4.78 is 26.0. The molecule has 5 nitrogen and oxygen atoms in total. The second kappa shape index (κ2) is 4.74. The summed E-state index contributed by atoms with van der Waals surface area (Å²) in [6.07, 6.45) is 0. The lowest BCUT2D eigenvalue weighted by Crippen LogP contribution is -2.04. The summed E-state index contributed by atoms with van der Waals surface area (Å²) in [6, 6.07) is 5.57. The highest BCUT2D eigenvalue weighted by molar-refractivity contribution is 5.85. The Balaban J connectivity index is 2.21. The van der Waals surface area contributed by atoms with Crippen molar-refractivity contribution in [1.82, 2.24) is 10.2 Å². The maximum absolute atomic E-state index is 13.3. The Morgan fingerprint density at radius 1 is 1.17 bits per heavy atom. The molecule has 0 bridgehead atoms. The van der Waals surface area contributed by atoms with E-state index in [0.717, 1.165) is 12.1 Å². The van der Waals surface area contributed by atoms with Gasteiger partial charge in [0.25, 0.3) is 0 Å². The minimum atomic E-state index is -1.21. The molecule has 2 N–H and O–H groups in total. The van der Waals surface area contributed by atoms with Crippen LogP contribution in [0.4, 0.5) is 20.3 Å². The average molecular weight is 251 g/mol. The van der Waals surface area contributed by atoms with Gasteiger partial charge in [-0.2, -0.15) is 0 Å². The number of nitrogens with zero attached hydrogens (tertiary/aromatic N) is 2. The summed E-state index contributed by atoms with van der Waals surface area (Å²) in [4.78, 5) is 10.5. The molecule has 0 saturated carbocycles. The quantitative estimate of drug-likeness (QED) is 0.874. The predicted molar refractivity (Wildman–Crippen MR) is 58.6 cm³/mol. The zero-order valence-electron chi connectivity index (χ0n) is 8.89. The molecule has 18 heavy (non-hydrogen) atoms. The van der Waals surface area contributed by atoms with Gasteiger partial charge in [-0.1, -0.05) is 0 Å². The zero-order valence-corrected chi connectivity index (χ0v) is 8.89. The largest absolute Gasteiger partial charge is 0.476 e. The SMILES string of the molecule is O=C(O)c1ccc(Nc2ccc(F)cc2F)nn1. The van der Waals surface area contributed by atoms with Gasteiger partial charge in [0.1, 0.15) is 11.6 Å². The van der Waals surface area contributed by atoms with Crippen molar-refractivity contribution < 1.29 is 18.7 Å². The molecule has 0 aliphatic rings. The molecule has 0 aliphatic carbocycles. The topological polar surface area (TPSA) is 75.1 Å². The van der Waals surface area contributed by atoms with Gasteiger partial charge < -0.3 is 10.4 Å². The number of carboxylic acids is 1. The first kappa shape index (κ1) is 11.9. The highest BCUT2D eigenvalue weighted by Gasteiger charge is 2.07. The fourth-order valence-electron chi connectivity index (χ4n) is 1.24. The summed E-state index contributed by atoms with van der Waals surface area (Å²) in [5.74, 6) is -2.52. The van der Waals surface area contributed by atoms with Crippen LogP contribution in [0.5, 0.6) is 0 Å². The van der Waals surface area contributed by atoms with E-state index >= 15 is 0 Å². The first-order valence-corrected chi connectivity index (χ1v) is 4.85. The Kier molecular flexibility index (Phi) is 3.13. The minimum absolute atomic E-state index is 0.0220. The molecular weight excluding hydrogens is 244 g/mol. The number of halogens is 2. The number of aromatic nitrogens is 2. The van der Waals surface area contributed by atoms with Gasteiger partial charge in [-0.25, -0.2) is 13.6 Å². The van der Waals surface area contributed by atoms with Gasteiger partial charge in [0, 0.05) is 6.07 Å². The van der Waals surface area contributed by atoms with E-state index < -0.39 is 17.6 Å². The molecule has 0 radical (unpaired) electrons. The Hall–Kier alpha value is -2.57. The number of hydrogen-bond donors (Lipinski definition) is 2. The molecule has 0 aliphatic heterocycles. The van der Waals surface area contributed by atoms with Gasteiger partial charge in [0.2, 0.25) is 0 Å². The van der Waals surface area contributed by atoms with Gasteiger partial charge in [0.05, 0.1) is 5.69 Å². The normalized spacial score (nSPS) is 10.1. The van der Waals surface area contributed by atoms with Gasteiger partial charge in [-0.3, -0.25) is 0 Å². The van der Waals surface area contributed by atoms with Gasteiger partial charge >= 0.3 is 5.97 Å². The number of benzene rings is 1. The first-order valence-electron chi connectivity index (χ1n) is 4.85. The van der Waals surface area contributed by atoms with E-state index in [0.29, 0.717) is 0 Å². The van der Waals surface area contributed by atoms with Crippen molar-refractivity contribution in [2.24, 2.45) is 0 Å². The maximum Gasteiger partial charge on any atom is 0.356 e. The van der Waals surface area contributed by atoms with Crippen molar-refractivity contribution in [3.8, 4) is 0 Å². The van der Waals surface area contributed by atoms with Crippen LogP contribution in [0.2, 0.25) is 0 Å². The van der Waals surface area contributed by atoms with Crippen molar-refractivity contribution in [2.75, 3.05) is 5.32 Å². The third-order valence-electron chi connectivity index (χ3n) is 2.08. The molecule has 0 atom stereocenters. The average Bonchev–Trinajstić information content (AvgIpc) is 2.33. The molecule has 2 rings (SSSR count). The van der Waals surface area contributed by atoms with Crippen molar-refractivity contribution in [1.29, 1.82) is 0 Å². The molecular formula is C11H7F2N3O2. The lowest BCUT2D eigenvalue weighted by molar-refractivity contribution is 0.0689. The van der Waals surface area contributed by atoms with E-state index in [1.165, 1.54) is 18.2 Å². The van der Waals surface area contributed by atoms with E-state index in [1.807, 2.05) is 0 Å². The van der Waals surface area contributed by atoms with Crippen molar-refractivity contribution >= 4 is 17.5 Å². The van der Waals surface area contributed by atoms with Gasteiger partial charge in [-0.05, 0) is 24.3 Å². The zero-order chi connectivity index (χ0) is 13.1. The minimum Gasteiger partial charge on any atom is -0.476 e. The number of aromatic carboxylic acids is 1. The fourth-order valence-corrected chi connectivity index (χ4v) is 1.24. The fraction of sp³-hybridized carbons (Fsp3) is 0. The summed E-state index contributed by atoms with van der Waals surface area (Å²) >= 11 is 0. The second-order valence-electron chi connectivity index (χ2n) is 3.36. The van der Waals surface area contributed by atoms with E-state index in [2.05, 4.69) is 15.5 Å². The summed E-state index contributed by atoms with van der Waals surface area (Å²) in [6.45, 7) is 0. The molecule has 2 aromatic rings. The smallest absolute Gasteiger partial charge is 0.356 e. The standard InChI is InChI=1S/C11H7F2N3O2/c12-6-1-2-8(7(13)5-6)14-10-4-3-9(11(17)18)15-16-10/h1-5H,(H,14,16)(H,17,18). The highest BCUT2D eigenvalue weighted by Crippen LogP contribution is 2.18. The molecule has 1 heterocycles. The number of nitrogens with one attached hydrogen (secondary N) is 1. The first-order chi connectivity index (χ1) is 8.56. The van der Waals surface area contributed by atoms with Crippen LogP contribution in [-0.4, -0.2) is 21.3 Å². The molecule has 92 valence electrons. The molecule has 1 aromatic carbocycles. The maximum atomic E-state index is 13.3. The second-order valence-corrected chi connectivity index (χ2v) is 3.36. The van der Waals surface area contributed by atoms with Crippen molar-refractivity contribution in [3.63, 3.8) is 0 Å². The number of rotatable bonds is 3. The van der Waals surface area contributed by atoms with Crippen LogP contribution in [0.25, 0.3) is 0 Å². The molecule has 0 unspecified atom stereocenters. The molecule has 1 aromatic heterocycles. The Bertz CT molecular complexity index is 587. The van der Waals surface area contributed by atoms with Crippen LogP contribution in [0, 0.1) is 11.6 Å². The molecule has 0 saturated heterocycles. The number of carbonyl (C=O) groups is 1. The van der Waals surface area contributed by atoms with E-state index in [-0.39, 0.29) is 17.2 Å². The van der Waals surface area contributed by atoms with Crippen molar-refractivity contribution in [3.05, 3.63) is 47.7 Å². The number of carboxylic acid groups (broad SMARTS) is 1. The van der Waals surface area contributed by atoms with Crippen LogP contribution in [-0.2, 0) is 0 Å². The molecule has 0 fully saturated rings. The highest BCUT2D eigenvalue weighted by atomic mass is 19.1. The van der Waals surface area contributed by atoms with E-state index in [4.69, 9.17) is 5.11 Å². The third kappa shape index (κ3) is 2.57. The molecule has 7 heteroatoms. The summed E-state index contributed by atoms with van der Waals surface area (Å²) in [7, 11) is 0. The van der Waals surface area contributed by atoms with Gasteiger partial charge in [-0.15, -0.1) is 10.2 Å². The molecule has 0 amide bonds. The van der Waals surface area contributed by atoms with Crippen LogP contribution >= 0.6 is 0 Å². The Morgan fingerprint density at radius 3 is 2.50 bits per heavy atom.